The number of hydrogen-bond donors (Lipinski definition) is 3. The zero-order valence-electron chi connectivity index (χ0n) is 10.3. The summed E-state index contributed by atoms with van der Waals surface area (Å²) in [6.07, 6.45) is 0.247. The first-order valence-corrected chi connectivity index (χ1v) is 5.36. The number of hydrogen-bond acceptors (Lipinski definition) is 5. The molecule has 0 aromatic heterocycles. The van der Waals surface area contributed by atoms with Crippen molar-refractivity contribution in [3.63, 3.8) is 0 Å². The van der Waals surface area contributed by atoms with Gasteiger partial charge in [-0.05, 0) is 17.7 Å². The molecule has 1 amide bonds. The number of rotatable bonds is 4. The molecule has 0 bridgehead atoms. The second kappa shape index (κ2) is 5.90. The highest BCUT2D eigenvalue weighted by atomic mass is 16.5. The van der Waals surface area contributed by atoms with Crippen LogP contribution in [0.15, 0.2) is 18.2 Å². The fraction of sp³-hybridized carbons (Fsp3) is 0.333. The highest BCUT2D eigenvalue weighted by Gasteiger charge is 2.20. The molecule has 0 radical (unpaired) electrons. The minimum Gasteiger partial charge on any atom is -0.506 e. The predicted molar refractivity (Wildman–Crippen MR) is 65.8 cm³/mol. The lowest BCUT2D eigenvalue weighted by molar-refractivity contribution is -0.144. The normalized spacial score (nSPS) is 11.7. The number of phenolic OH excluding ortho intramolecular Hbond substituents is 1. The number of anilines is 1. The molecule has 0 aliphatic heterocycles. The first-order chi connectivity index (χ1) is 8.43. The summed E-state index contributed by atoms with van der Waals surface area (Å²) in [5, 5.41) is 11.8. The Morgan fingerprint density at radius 2 is 2.17 bits per heavy atom. The van der Waals surface area contributed by atoms with Gasteiger partial charge in [0.15, 0.2) is 0 Å². The van der Waals surface area contributed by atoms with Crippen LogP contribution in [0.5, 0.6) is 5.75 Å². The number of methoxy groups -OCH3 is 1. The molecule has 98 valence electrons. The van der Waals surface area contributed by atoms with Gasteiger partial charge in [0, 0.05) is 13.3 Å². The van der Waals surface area contributed by atoms with E-state index in [-0.39, 0.29) is 23.8 Å². The van der Waals surface area contributed by atoms with Crippen molar-refractivity contribution in [3.8, 4) is 5.75 Å². The number of benzene rings is 1. The lowest BCUT2D eigenvalue weighted by Crippen LogP contribution is -2.41. The van der Waals surface area contributed by atoms with E-state index in [1.807, 2.05) is 0 Å². The van der Waals surface area contributed by atoms with Gasteiger partial charge < -0.3 is 20.9 Å². The zero-order valence-corrected chi connectivity index (χ0v) is 10.3. The van der Waals surface area contributed by atoms with Crippen LogP contribution in [-0.4, -0.2) is 30.1 Å². The van der Waals surface area contributed by atoms with Gasteiger partial charge in [-0.15, -0.1) is 0 Å². The number of esters is 1. The summed E-state index contributed by atoms with van der Waals surface area (Å²) in [6.45, 7) is 1.32. The quantitative estimate of drug-likeness (QED) is 0.403. The Kier molecular flexibility index (Phi) is 4.53. The Morgan fingerprint density at radius 1 is 1.50 bits per heavy atom. The smallest absolute Gasteiger partial charge is 0.328 e. The summed E-state index contributed by atoms with van der Waals surface area (Å²) >= 11 is 0. The fourth-order valence-electron chi connectivity index (χ4n) is 1.55. The molecular weight excluding hydrogens is 236 g/mol. The summed E-state index contributed by atoms with van der Waals surface area (Å²) in [6, 6.07) is 3.85. The first-order valence-electron chi connectivity index (χ1n) is 5.36. The Labute approximate surface area is 105 Å². The lowest BCUT2D eigenvalue weighted by atomic mass is 10.0. The van der Waals surface area contributed by atoms with Crippen molar-refractivity contribution >= 4 is 17.6 Å². The maximum Gasteiger partial charge on any atom is 0.328 e. The van der Waals surface area contributed by atoms with Gasteiger partial charge in [0.2, 0.25) is 5.91 Å². The van der Waals surface area contributed by atoms with E-state index >= 15 is 0 Å². The Hall–Kier alpha value is -2.24. The molecule has 1 atom stereocenters. The minimum absolute atomic E-state index is 0.0205. The van der Waals surface area contributed by atoms with Gasteiger partial charge in [-0.25, -0.2) is 4.79 Å². The number of carbonyl (C=O) groups excluding carboxylic acids is 2. The number of nitrogens with two attached hydrogens (primary N) is 1. The zero-order chi connectivity index (χ0) is 13.7. The third-order valence-electron chi connectivity index (χ3n) is 2.39. The van der Waals surface area contributed by atoms with Gasteiger partial charge >= 0.3 is 5.97 Å². The van der Waals surface area contributed by atoms with E-state index < -0.39 is 12.0 Å². The molecule has 1 aromatic rings. The van der Waals surface area contributed by atoms with E-state index in [0.29, 0.717) is 0 Å². The minimum atomic E-state index is -0.767. The van der Waals surface area contributed by atoms with Crippen LogP contribution in [0.1, 0.15) is 12.5 Å². The number of phenols is 1. The summed E-state index contributed by atoms with van der Waals surface area (Å²) < 4.78 is 4.61. The Balaban J connectivity index is 2.85. The lowest BCUT2D eigenvalue weighted by Gasteiger charge is -2.15. The van der Waals surface area contributed by atoms with E-state index in [2.05, 4.69) is 10.1 Å². The Morgan fingerprint density at radius 3 is 2.67 bits per heavy atom. The third-order valence-corrected chi connectivity index (χ3v) is 2.39. The largest absolute Gasteiger partial charge is 0.506 e. The molecule has 6 heteroatoms. The molecule has 0 fully saturated rings. The van der Waals surface area contributed by atoms with Crippen molar-refractivity contribution in [2.75, 3.05) is 12.8 Å². The number of aromatic hydroxyl groups is 1. The van der Waals surface area contributed by atoms with Crippen LogP contribution in [-0.2, 0) is 20.7 Å². The van der Waals surface area contributed by atoms with Crippen molar-refractivity contribution < 1.29 is 19.4 Å². The van der Waals surface area contributed by atoms with Gasteiger partial charge in [0.25, 0.3) is 0 Å². The monoisotopic (exact) mass is 252 g/mol. The summed E-state index contributed by atoms with van der Waals surface area (Å²) in [4.78, 5) is 22.5. The van der Waals surface area contributed by atoms with Crippen LogP contribution in [0.25, 0.3) is 0 Å². The van der Waals surface area contributed by atoms with Crippen molar-refractivity contribution in [1.82, 2.24) is 5.32 Å². The number of ether oxygens (including phenoxy) is 1. The molecule has 0 heterocycles. The second-order valence-electron chi connectivity index (χ2n) is 3.87. The first kappa shape index (κ1) is 13.8. The molecule has 0 saturated carbocycles. The summed E-state index contributed by atoms with van der Waals surface area (Å²) in [7, 11) is 1.25. The van der Waals surface area contributed by atoms with Crippen LogP contribution in [0.3, 0.4) is 0 Å². The van der Waals surface area contributed by atoms with Gasteiger partial charge in [0.05, 0.1) is 12.8 Å². The standard InChI is InChI=1S/C12H16N2O4/c1-7(15)14-10(12(17)18-2)6-8-3-4-11(16)9(13)5-8/h3-5,10,16H,6,13H2,1-2H3,(H,14,15). The average molecular weight is 252 g/mol. The predicted octanol–water partition coefficient (Wildman–Crippen LogP) is 0.195. The molecule has 18 heavy (non-hydrogen) atoms. The van der Waals surface area contributed by atoms with Gasteiger partial charge in [-0.2, -0.15) is 0 Å². The molecule has 1 rings (SSSR count). The molecule has 1 aromatic carbocycles. The van der Waals surface area contributed by atoms with E-state index in [1.54, 1.807) is 12.1 Å². The van der Waals surface area contributed by atoms with Crippen LogP contribution >= 0.6 is 0 Å². The van der Waals surface area contributed by atoms with E-state index in [1.165, 1.54) is 20.1 Å². The van der Waals surface area contributed by atoms with E-state index in [0.717, 1.165) is 5.56 Å². The number of carbonyl (C=O) groups is 2. The number of nitrogen functional groups attached to an aromatic ring is 1. The van der Waals surface area contributed by atoms with Crippen molar-refractivity contribution in [1.29, 1.82) is 0 Å². The van der Waals surface area contributed by atoms with Crippen LogP contribution < -0.4 is 11.1 Å². The SMILES string of the molecule is COC(=O)C(Cc1ccc(O)c(N)c1)NC(C)=O. The molecule has 0 saturated heterocycles. The van der Waals surface area contributed by atoms with Gasteiger partial charge in [-0.1, -0.05) is 6.07 Å². The molecule has 1 unspecified atom stereocenters. The van der Waals surface area contributed by atoms with Crippen molar-refractivity contribution in [2.24, 2.45) is 0 Å². The van der Waals surface area contributed by atoms with E-state index in [9.17, 15) is 14.7 Å². The molecule has 6 nitrogen and oxygen atoms in total. The molecule has 0 aliphatic carbocycles. The molecule has 4 N–H and O–H groups in total. The molecule has 0 spiro atoms. The summed E-state index contributed by atoms with van der Waals surface area (Å²) in [5.41, 5.74) is 6.49. The second-order valence-corrected chi connectivity index (χ2v) is 3.87. The van der Waals surface area contributed by atoms with Crippen molar-refractivity contribution in [3.05, 3.63) is 23.8 Å². The van der Waals surface area contributed by atoms with Crippen LogP contribution in [0, 0.1) is 0 Å². The molecule has 0 aliphatic rings. The Bertz CT molecular complexity index is 459. The van der Waals surface area contributed by atoms with Crippen LogP contribution in [0.4, 0.5) is 5.69 Å². The van der Waals surface area contributed by atoms with Gasteiger partial charge in [0.1, 0.15) is 11.8 Å². The topological polar surface area (TPSA) is 102 Å². The van der Waals surface area contributed by atoms with Crippen LogP contribution in [0.2, 0.25) is 0 Å². The van der Waals surface area contributed by atoms with E-state index in [4.69, 9.17) is 5.73 Å². The highest BCUT2D eigenvalue weighted by Crippen LogP contribution is 2.21. The number of amides is 1. The maximum absolute atomic E-state index is 11.5. The fourth-order valence-corrected chi connectivity index (χ4v) is 1.55. The average Bonchev–Trinajstić information content (AvgIpc) is 2.31. The summed E-state index contributed by atoms with van der Waals surface area (Å²) in [5.74, 6) is -0.873. The van der Waals surface area contributed by atoms with Crippen molar-refractivity contribution in [2.45, 2.75) is 19.4 Å². The highest BCUT2D eigenvalue weighted by molar-refractivity contribution is 5.83. The van der Waals surface area contributed by atoms with Gasteiger partial charge in [-0.3, -0.25) is 4.79 Å². The maximum atomic E-state index is 11.5. The number of nitrogens with one attached hydrogen (secondary N) is 1. The third kappa shape index (κ3) is 3.65. The molecular formula is C12H16N2O4.